The van der Waals surface area contributed by atoms with Crippen LogP contribution in [0, 0.1) is 5.92 Å². The first-order valence-electron chi connectivity index (χ1n) is 12.9. The molecule has 2 unspecified atom stereocenters. The van der Waals surface area contributed by atoms with Crippen molar-refractivity contribution in [2.75, 3.05) is 38.3 Å². The number of benzene rings is 1. The molecule has 6 nitrogen and oxygen atoms in total. The molecule has 1 aromatic rings. The number of rotatable bonds is 7. The molecule has 2 aliphatic heterocycles. The zero-order valence-corrected chi connectivity index (χ0v) is 21.1. The first-order chi connectivity index (χ1) is 16.0. The predicted molar refractivity (Wildman–Crippen MR) is 133 cm³/mol. The SMILES string of the molecule is CCC(=O)N1CCC2CCCC(CN(CC(CC)CC)Cc3ccccc31)N2C(=O)COC. The molecule has 1 fully saturated rings. The summed E-state index contributed by atoms with van der Waals surface area (Å²) in [4.78, 5) is 32.9. The van der Waals surface area contributed by atoms with Crippen LogP contribution in [0.5, 0.6) is 0 Å². The lowest BCUT2D eigenvalue weighted by Crippen LogP contribution is -2.55. The van der Waals surface area contributed by atoms with Crippen LogP contribution in [0.2, 0.25) is 0 Å². The monoisotopic (exact) mass is 457 g/mol. The minimum atomic E-state index is 0.0832. The Morgan fingerprint density at radius 2 is 1.76 bits per heavy atom. The van der Waals surface area contributed by atoms with Gasteiger partial charge in [-0.25, -0.2) is 0 Å². The van der Waals surface area contributed by atoms with E-state index in [4.69, 9.17) is 4.74 Å². The number of amides is 2. The average molecular weight is 458 g/mol. The highest BCUT2D eigenvalue weighted by Gasteiger charge is 2.36. The highest BCUT2D eigenvalue weighted by molar-refractivity contribution is 5.94. The van der Waals surface area contributed by atoms with E-state index in [0.29, 0.717) is 18.9 Å². The first-order valence-corrected chi connectivity index (χ1v) is 12.9. The molecule has 0 spiro atoms. The Kier molecular flexibility index (Phi) is 9.75. The summed E-state index contributed by atoms with van der Waals surface area (Å²) < 4.78 is 5.26. The Hall–Kier alpha value is -1.92. The van der Waals surface area contributed by atoms with Crippen LogP contribution in [0.4, 0.5) is 5.69 Å². The van der Waals surface area contributed by atoms with Crippen LogP contribution in [0.3, 0.4) is 0 Å². The van der Waals surface area contributed by atoms with Crippen molar-refractivity contribution >= 4 is 17.5 Å². The van der Waals surface area contributed by atoms with Crippen LogP contribution in [0.25, 0.3) is 0 Å². The minimum Gasteiger partial charge on any atom is -0.375 e. The topological polar surface area (TPSA) is 53.1 Å². The number of carbonyl (C=O) groups excluding carboxylic acids is 2. The maximum absolute atomic E-state index is 13.2. The van der Waals surface area contributed by atoms with Crippen molar-refractivity contribution in [1.82, 2.24) is 9.80 Å². The highest BCUT2D eigenvalue weighted by Crippen LogP contribution is 2.31. The van der Waals surface area contributed by atoms with Gasteiger partial charge >= 0.3 is 0 Å². The lowest BCUT2D eigenvalue weighted by atomic mass is 9.92. The molecule has 33 heavy (non-hydrogen) atoms. The Morgan fingerprint density at radius 1 is 1.03 bits per heavy atom. The second kappa shape index (κ2) is 12.5. The highest BCUT2D eigenvalue weighted by atomic mass is 16.5. The van der Waals surface area contributed by atoms with Gasteiger partial charge in [0.2, 0.25) is 11.8 Å². The van der Waals surface area contributed by atoms with E-state index in [1.54, 1.807) is 7.11 Å². The molecule has 0 aliphatic carbocycles. The van der Waals surface area contributed by atoms with Gasteiger partial charge in [0.25, 0.3) is 0 Å². The van der Waals surface area contributed by atoms with Gasteiger partial charge in [-0.05, 0) is 43.2 Å². The van der Waals surface area contributed by atoms with Crippen molar-refractivity contribution in [2.24, 2.45) is 5.92 Å². The van der Waals surface area contributed by atoms with Crippen molar-refractivity contribution in [1.29, 1.82) is 0 Å². The van der Waals surface area contributed by atoms with E-state index in [2.05, 4.69) is 41.8 Å². The number of piperidine rings is 1. The van der Waals surface area contributed by atoms with Crippen molar-refractivity contribution in [2.45, 2.75) is 84.3 Å². The third kappa shape index (κ3) is 6.36. The second-order valence-electron chi connectivity index (χ2n) is 9.67. The average Bonchev–Trinajstić information content (AvgIpc) is 2.84. The van der Waals surface area contributed by atoms with Gasteiger partial charge in [-0.15, -0.1) is 0 Å². The molecule has 2 bridgehead atoms. The molecule has 1 aromatic carbocycles. The number of ether oxygens (including phenoxy) is 1. The molecule has 0 aromatic heterocycles. The molecular weight excluding hydrogens is 414 g/mol. The lowest BCUT2D eigenvalue weighted by molar-refractivity contribution is -0.143. The van der Waals surface area contributed by atoms with E-state index in [0.717, 1.165) is 63.8 Å². The summed E-state index contributed by atoms with van der Waals surface area (Å²) >= 11 is 0. The zero-order chi connectivity index (χ0) is 23.8. The van der Waals surface area contributed by atoms with Crippen LogP contribution in [-0.4, -0.2) is 67.0 Å². The van der Waals surface area contributed by atoms with Crippen molar-refractivity contribution in [3.05, 3.63) is 29.8 Å². The van der Waals surface area contributed by atoms with E-state index in [9.17, 15) is 9.59 Å². The molecule has 184 valence electrons. The smallest absolute Gasteiger partial charge is 0.249 e. The first kappa shape index (κ1) is 25.7. The Balaban J connectivity index is 2.02. The number of hydrogen-bond acceptors (Lipinski definition) is 4. The number of para-hydroxylation sites is 1. The molecule has 0 saturated carbocycles. The quantitative estimate of drug-likeness (QED) is 0.606. The van der Waals surface area contributed by atoms with E-state index >= 15 is 0 Å². The molecule has 2 aliphatic rings. The Morgan fingerprint density at radius 3 is 2.45 bits per heavy atom. The van der Waals surface area contributed by atoms with Crippen LogP contribution in [0.15, 0.2) is 24.3 Å². The number of anilines is 1. The number of fused-ring (bicyclic) bond motifs is 3. The maximum Gasteiger partial charge on any atom is 0.249 e. The number of carbonyl (C=O) groups is 2. The molecule has 0 N–H and O–H groups in total. The van der Waals surface area contributed by atoms with Crippen LogP contribution in [0.1, 0.15) is 71.3 Å². The van der Waals surface area contributed by atoms with E-state index in [1.165, 1.54) is 5.56 Å². The molecule has 2 heterocycles. The van der Waals surface area contributed by atoms with Crippen molar-refractivity contribution in [3.63, 3.8) is 0 Å². The molecule has 6 heteroatoms. The second-order valence-corrected chi connectivity index (χ2v) is 9.67. The van der Waals surface area contributed by atoms with Gasteiger partial charge in [0, 0.05) is 57.5 Å². The fourth-order valence-electron chi connectivity index (χ4n) is 5.64. The molecule has 1 saturated heterocycles. The maximum atomic E-state index is 13.2. The third-order valence-electron chi connectivity index (χ3n) is 7.52. The van der Waals surface area contributed by atoms with Crippen molar-refractivity contribution in [3.8, 4) is 0 Å². The van der Waals surface area contributed by atoms with Gasteiger partial charge in [0.05, 0.1) is 0 Å². The predicted octanol–water partition coefficient (Wildman–Crippen LogP) is 4.47. The fourth-order valence-corrected chi connectivity index (χ4v) is 5.64. The molecular formula is C27H43N3O3. The fraction of sp³-hybridized carbons (Fsp3) is 0.704. The summed E-state index contributed by atoms with van der Waals surface area (Å²) in [5.41, 5.74) is 2.24. The van der Waals surface area contributed by atoms with E-state index in [-0.39, 0.29) is 30.5 Å². The van der Waals surface area contributed by atoms with Crippen LogP contribution in [-0.2, 0) is 20.9 Å². The molecule has 2 amide bonds. The van der Waals surface area contributed by atoms with Gasteiger partial charge in [0.1, 0.15) is 6.61 Å². The summed E-state index contributed by atoms with van der Waals surface area (Å²) in [5.74, 6) is 0.855. The third-order valence-corrected chi connectivity index (χ3v) is 7.52. The number of nitrogens with zero attached hydrogens (tertiary/aromatic N) is 3. The standard InChI is InChI=1S/C27H43N3O3/c1-5-21(6-2)17-28-18-22-11-8-9-14-25(22)29(26(31)7-3)16-15-23-12-10-13-24(19-28)30(23)27(32)20-33-4/h8-9,11,14,21,23-24H,5-7,10,12-13,15-20H2,1-4H3. The van der Waals surface area contributed by atoms with E-state index in [1.807, 2.05) is 17.9 Å². The molecule has 2 atom stereocenters. The largest absolute Gasteiger partial charge is 0.375 e. The number of hydrogen-bond donors (Lipinski definition) is 0. The molecule has 0 radical (unpaired) electrons. The normalized spacial score (nSPS) is 22.1. The van der Waals surface area contributed by atoms with E-state index < -0.39 is 0 Å². The summed E-state index contributed by atoms with van der Waals surface area (Å²) in [5, 5.41) is 0. The summed E-state index contributed by atoms with van der Waals surface area (Å²) in [6, 6.07) is 8.72. The van der Waals surface area contributed by atoms with Crippen LogP contribution < -0.4 is 4.90 Å². The van der Waals surface area contributed by atoms with Gasteiger partial charge in [-0.1, -0.05) is 51.8 Å². The minimum absolute atomic E-state index is 0.0832. The van der Waals surface area contributed by atoms with Gasteiger partial charge in [-0.3, -0.25) is 14.5 Å². The van der Waals surface area contributed by atoms with Crippen molar-refractivity contribution < 1.29 is 14.3 Å². The van der Waals surface area contributed by atoms with Gasteiger partial charge in [-0.2, -0.15) is 0 Å². The Bertz CT molecular complexity index is 780. The van der Waals surface area contributed by atoms with Gasteiger partial charge in [0.15, 0.2) is 0 Å². The van der Waals surface area contributed by atoms with Gasteiger partial charge < -0.3 is 14.5 Å². The summed E-state index contributed by atoms with van der Waals surface area (Å²) in [7, 11) is 1.59. The Labute approximate surface area is 200 Å². The molecule has 3 rings (SSSR count). The summed E-state index contributed by atoms with van der Waals surface area (Å²) in [6.45, 7) is 9.91. The zero-order valence-electron chi connectivity index (χ0n) is 21.1. The number of methoxy groups -OCH3 is 1. The lowest BCUT2D eigenvalue weighted by Gasteiger charge is -2.44. The summed E-state index contributed by atoms with van der Waals surface area (Å²) in [6.07, 6.45) is 6.73. The van der Waals surface area contributed by atoms with Crippen LogP contribution >= 0.6 is 0 Å².